The molecule has 12 heavy (non-hydrogen) atoms. The second-order valence-electron chi connectivity index (χ2n) is 2.88. The van der Waals surface area contributed by atoms with E-state index in [1.54, 1.807) is 20.8 Å². The van der Waals surface area contributed by atoms with E-state index in [9.17, 15) is 4.79 Å². The van der Waals surface area contributed by atoms with Gasteiger partial charge in [-0.25, -0.2) is 0 Å². The van der Waals surface area contributed by atoms with Crippen LogP contribution < -0.4 is 5.73 Å². The predicted octanol–water partition coefficient (Wildman–Crippen LogP) is 0.178. The normalized spacial score (nSPS) is 9.00. The number of carbonyl (C=O) groups excluding carboxylic acids is 2. The van der Waals surface area contributed by atoms with E-state index in [0.717, 1.165) is 0 Å². The Morgan fingerprint density at radius 3 is 2.00 bits per heavy atom. The Labute approximate surface area is 71.4 Å². The molecule has 0 heterocycles. The van der Waals surface area contributed by atoms with Crippen molar-refractivity contribution < 1.29 is 14.3 Å². The maximum Gasteiger partial charge on any atom is 0.320 e. The first kappa shape index (κ1) is 13.4. The number of nitrogens with two attached hydrogens (primary N) is 1. The molecule has 0 bridgehead atoms. The molecular weight excluding hydrogens is 160 g/mol. The Morgan fingerprint density at radius 2 is 1.92 bits per heavy atom. The van der Waals surface area contributed by atoms with Gasteiger partial charge < -0.3 is 15.9 Å². The van der Waals surface area contributed by atoms with Gasteiger partial charge in [-0.05, 0) is 26.9 Å². The Bertz CT molecular complexity index is 166. The minimum absolute atomic E-state index is 0.0444. The van der Waals surface area contributed by atoms with Gasteiger partial charge in [0.2, 0.25) is 0 Å². The Hall–Kier alpha value is -1.19. The molecule has 0 radical (unpaired) electrons. The number of hydrogen-bond donors (Lipinski definition) is 1. The molecule has 0 spiro atoms. The average molecular weight is 173 g/mol. The summed E-state index contributed by atoms with van der Waals surface area (Å²) in [5.74, 6) is -0.359. The van der Waals surface area contributed by atoms with E-state index in [-0.39, 0.29) is 12.5 Å². The van der Waals surface area contributed by atoms with Crippen molar-refractivity contribution in [3.8, 4) is 0 Å². The Balaban J connectivity index is 0. The van der Waals surface area contributed by atoms with Crippen LogP contribution in [0.25, 0.3) is 5.41 Å². The van der Waals surface area contributed by atoms with Gasteiger partial charge in [0.15, 0.2) is 0 Å². The third-order valence-corrected chi connectivity index (χ3v) is 0.587. The molecule has 5 nitrogen and oxygen atoms in total. The van der Waals surface area contributed by atoms with Gasteiger partial charge >= 0.3 is 5.97 Å². The van der Waals surface area contributed by atoms with Crippen LogP contribution in [0.3, 0.4) is 0 Å². The summed E-state index contributed by atoms with van der Waals surface area (Å²) < 4.78 is 4.82. The largest absolute Gasteiger partial charge is 0.724 e. The summed E-state index contributed by atoms with van der Waals surface area (Å²) >= 11 is 0. The molecule has 5 heteroatoms. The SMILES string of the molecule is CC(C)(C)OC(=O)CN.[N-]=C=O. The highest BCUT2D eigenvalue weighted by atomic mass is 16.6. The van der Waals surface area contributed by atoms with Crippen molar-refractivity contribution in [2.45, 2.75) is 26.4 Å². The Morgan fingerprint density at radius 1 is 1.58 bits per heavy atom. The summed E-state index contributed by atoms with van der Waals surface area (Å²) in [6.07, 6.45) is 0.500. The molecule has 0 saturated carbocycles. The predicted molar refractivity (Wildman–Crippen MR) is 44.0 cm³/mol. The lowest BCUT2D eigenvalue weighted by atomic mass is 10.2. The van der Waals surface area contributed by atoms with Crippen LogP contribution in [0.1, 0.15) is 20.8 Å². The highest BCUT2D eigenvalue weighted by molar-refractivity contribution is 5.71. The van der Waals surface area contributed by atoms with E-state index < -0.39 is 5.60 Å². The number of hydrogen-bond acceptors (Lipinski definition) is 4. The summed E-state index contributed by atoms with van der Waals surface area (Å²) in [5, 5.41) is 6.76. The molecule has 0 aliphatic rings. The minimum atomic E-state index is -0.406. The zero-order chi connectivity index (χ0) is 10.2. The molecule has 0 aromatic rings. The minimum Gasteiger partial charge on any atom is -0.724 e. The number of esters is 1. The summed E-state index contributed by atoms with van der Waals surface area (Å²) in [7, 11) is 0. The number of carbonyl (C=O) groups is 1. The summed E-state index contributed by atoms with van der Waals surface area (Å²) in [6, 6.07) is 0. The van der Waals surface area contributed by atoms with Crippen molar-refractivity contribution in [2.75, 3.05) is 6.54 Å². The average Bonchev–Trinajstić information content (AvgIpc) is 1.86. The van der Waals surface area contributed by atoms with E-state index in [1.165, 1.54) is 0 Å². The van der Waals surface area contributed by atoms with Crippen molar-refractivity contribution >= 4 is 12.0 Å². The fourth-order valence-corrected chi connectivity index (χ4v) is 0.383. The second-order valence-corrected chi connectivity index (χ2v) is 2.88. The highest BCUT2D eigenvalue weighted by Crippen LogP contribution is 2.05. The van der Waals surface area contributed by atoms with Crippen molar-refractivity contribution in [3.63, 3.8) is 0 Å². The number of isocyanates is 1. The van der Waals surface area contributed by atoms with Gasteiger partial charge in [-0.1, -0.05) is 0 Å². The summed E-state index contributed by atoms with van der Waals surface area (Å²) in [6.45, 7) is 5.37. The van der Waals surface area contributed by atoms with E-state index >= 15 is 0 Å². The lowest BCUT2D eigenvalue weighted by molar-refractivity contribution is -0.152. The van der Waals surface area contributed by atoms with Gasteiger partial charge in [0, 0.05) is 0 Å². The third-order valence-electron chi connectivity index (χ3n) is 0.587. The maximum absolute atomic E-state index is 10.5. The molecule has 0 aromatic heterocycles. The third kappa shape index (κ3) is 15.9. The van der Waals surface area contributed by atoms with Gasteiger partial charge in [0.05, 0.1) is 6.54 Å². The van der Waals surface area contributed by atoms with E-state index in [0.29, 0.717) is 6.08 Å². The molecule has 0 amide bonds. The van der Waals surface area contributed by atoms with E-state index in [2.05, 4.69) is 0 Å². The molecule has 0 aromatic carbocycles. The van der Waals surface area contributed by atoms with Crippen molar-refractivity contribution in [1.29, 1.82) is 0 Å². The molecule has 0 aliphatic heterocycles. The first-order valence-corrected chi connectivity index (χ1v) is 3.30. The smallest absolute Gasteiger partial charge is 0.320 e. The van der Waals surface area contributed by atoms with Crippen LogP contribution in [0.2, 0.25) is 0 Å². The highest BCUT2D eigenvalue weighted by Gasteiger charge is 2.13. The fourth-order valence-electron chi connectivity index (χ4n) is 0.383. The van der Waals surface area contributed by atoms with Crippen LogP contribution in [0.4, 0.5) is 0 Å². The molecule has 0 fully saturated rings. The van der Waals surface area contributed by atoms with Gasteiger partial charge in [-0.15, -0.1) is 0 Å². The molecule has 2 N–H and O–H groups in total. The lowest BCUT2D eigenvalue weighted by Gasteiger charge is -2.18. The van der Waals surface area contributed by atoms with Crippen LogP contribution in [0, 0.1) is 0 Å². The zero-order valence-corrected chi connectivity index (χ0v) is 7.46. The van der Waals surface area contributed by atoms with Crippen molar-refractivity contribution in [2.24, 2.45) is 5.73 Å². The molecule has 70 valence electrons. The monoisotopic (exact) mass is 173 g/mol. The Kier molecular flexibility index (Phi) is 7.28. The van der Waals surface area contributed by atoms with Crippen LogP contribution in [-0.2, 0) is 14.3 Å². The summed E-state index contributed by atoms with van der Waals surface area (Å²) in [4.78, 5) is 18.7. The second kappa shape index (κ2) is 6.52. The summed E-state index contributed by atoms with van der Waals surface area (Å²) in [5.41, 5.74) is 4.60. The lowest BCUT2D eigenvalue weighted by Crippen LogP contribution is -2.28. The maximum atomic E-state index is 10.5. The van der Waals surface area contributed by atoms with E-state index in [4.69, 9.17) is 20.7 Å². The number of ether oxygens (including phenoxy) is 1. The molecule has 0 unspecified atom stereocenters. The van der Waals surface area contributed by atoms with Crippen LogP contribution in [-0.4, -0.2) is 24.2 Å². The van der Waals surface area contributed by atoms with Crippen LogP contribution in [0.15, 0.2) is 0 Å². The molecule has 0 rings (SSSR count). The molecule has 0 atom stereocenters. The van der Waals surface area contributed by atoms with Crippen LogP contribution in [0.5, 0.6) is 0 Å². The van der Waals surface area contributed by atoms with Gasteiger partial charge in [0.25, 0.3) is 0 Å². The topological polar surface area (TPSA) is 91.7 Å². The van der Waals surface area contributed by atoms with Gasteiger partial charge in [0.1, 0.15) is 5.60 Å². The quantitative estimate of drug-likeness (QED) is 0.348. The van der Waals surface area contributed by atoms with Crippen LogP contribution >= 0.6 is 0 Å². The molecular formula is C7H13N2O3-. The fraction of sp³-hybridized carbons (Fsp3) is 0.714. The van der Waals surface area contributed by atoms with Gasteiger partial charge in [-0.3, -0.25) is 9.59 Å². The van der Waals surface area contributed by atoms with Crippen molar-refractivity contribution in [1.82, 2.24) is 0 Å². The number of rotatable bonds is 1. The molecule has 0 saturated heterocycles. The number of nitrogens with zero attached hydrogens (tertiary/aromatic N) is 1. The standard InChI is InChI=1S/C6H13NO2.CNO/c1-6(2,3)9-5(8)4-7;2-1-3/h4,7H2,1-3H3;/q;-1. The van der Waals surface area contributed by atoms with Crippen molar-refractivity contribution in [3.05, 3.63) is 5.41 Å². The van der Waals surface area contributed by atoms with Gasteiger partial charge in [-0.2, -0.15) is 0 Å². The van der Waals surface area contributed by atoms with E-state index in [1.807, 2.05) is 0 Å². The first-order valence-electron chi connectivity index (χ1n) is 3.30. The molecule has 0 aliphatic carbocycles. The first-order chi connectivity index (χ1) is 5.37. The zero-order valence-electron chi connectivity index (χ0n) is 7.46.